The highest BCUT2D eigenvalue weighted by atomic mass is 79.9. The van der Waals surface area contributed by atoms with Crippen LogP contribution < -0.4 is 0 Å². The lowest BCUT2D eigenvalue weighted by Crippen LogP contribution is -2.27. The number of esters is 2. The van der Waals surface area contributed by atoms with Crippen LogP contribution in [0.4, 0.5) is 0 Å². The second-order valence-corrected chi connectivity index (χ2v) is 4.93. The van der Waals surface area contributed by atoms with Gasteiger partial charge < -0.3 is 9.47 Å². The van der Waals surface area contributed by atoms with Gasteiger partial charge in [0.05, 0.1) is 0 Å². The largest absolute Gasteiger partial charge is 0.462 e. The van der Waals surface area contributed by atoms with Crippen LogP contribution in [0.25, 0.3) is 0 Å². The maximum absolute atomic E-state index is 11.1. The fraction of sp³-hybridized carbons (Fsp3) is 0.750. The third kappa shape index (κ3) is 6.57. The van der Waals surface area contributed by atoms with E-state index in [0.29, 0.717) is 0 Å². The Hall–Kier alpha value is -0.580. The Balaban J connectivity index is 3.55. The van der Waals surface area contributed by atoms with Crippen molar-refractivity contribution in [1.82, 2.24) is 0 Å². The van der Waals surface area contributed by atoms with Crippen molar-refractivity contribution < 1.29 is 19.1 Å². The van der Waals surface area contributed by atoms with Crippen LogP contribution in [0.3, 0.4) is 0 Å². The minimum absolute atomic E-state index is 0.0907. The van der Waals surface area contributed by atoms with Crippen LogP contribution in [-0.4, -0.2) is 29.5 Å². The summed E-state index contributed by atoms with van der Waals surface area (Å²) in [5.74, 6) is -0.756. The molecule has 0 N–H and O–H groups in total. The van der Waals surface area contributed by atoms with Crippen LogP contribution in [0.5, 0.6) is 0 Å². The SMILES string of the molecule is CC(=O)OCCOC(=O)C(C)(C)Br. The summed E-state index contributed by atoms with van der Waals surface area (Å²) in [4.78, 5) is 21.4. The predicted molar refractivity (Wildman–Crippen MR) is 50.6 cm³/mol. The zero-order valence-electron chi connectivity index (χ0n) is 7.93. The molecule has 0 aromatic heterocycles. The number of hydrogen-bond acceptors (Lipinski definition) is 4. The Kier molecular flexibility index (Phi) is 4.98. The molecule has 0 aliphatic rings. The smallest absolute Gasteiger partial charge is 0.322 e. The van der Waals surface area contributed by atoms with Crippen LogP contribution in [0.2, 0.25) is 0 Å². The van der Waals surface area contributed by atoms with E-state index in [1.165, 1.54) is 6.92 Å². The molecule has 5 heteroatoms. The van der Waals surface area contributed by atoms with Crippen molar-refractivity contribution in [3.63, 3.8) is 0 Å². The molecule has 0 fully saturated rings. The molecule has 0 saturated heterocycles. The van der Waals surface area contributed by atoms with Gasteiger partial charge in [0.1, 0.15) is 17.5 Å². The van der Waals surface area contributed by atoms with E-state index in [0.717, 1.165) is 0 Å². The Labute approximate surface area is 85.7 Å². The first-order valence-electron chi connectivity index (χ1n) is 3.83. The van der Waals surface area contributed by atoms with Gasteiger partial charge in [0.15, 0.2) is 0 Å². The van der Waals surface area contributed by atoms with Crippen LogP contribution in [-0.2, 0) is 19.1 Å². The van der Waals surface area contributed by atoms with Crippen molar-refractivity contribution in [2.24, 2.45) is 0 Å². The van der Waals surface area contributed by atoms with E-state index < -0.39 is 4.32 Å². The van der Waals surface area contributed by atoms with Gasteiger partial charge in [-0.15, -0.1) is 0 Å². The fourth-order valence-electron chi connectivity index (χ4n) is 0.491. The van der Waals surface area contributed by atoms with Gasteiger partial charge in [-0.1, -0.05) is 15.9 Å². The summed E-state index contributed by atoms with van der Waals surface area (Å²) >= 11 is 3.14. The molecule has 0 aliphatic carbocycles. The average molecular weight is 253 g/mol. The molecule has 0 heterocycles. The molecule has 0 unspecified atom stereocenters. The number of carbonyl (C=O) groups is 2. The van der Waals surface area contributed by atoms with Gasteiger partial charge in [-0.25, -0.2) is 0 Å². The molecule has 4 nitrogen and oxygen atoms in total. The average Bonchev–Trinajstić information content (AvgIpc) is 1.95. The monoisotopic (exact) mass is 252 g/mol. The second kappa shape index (κ2) is 5.21. The fourth-order valence-corrected chi connectivity index (χ4v) is 0.606. The topological polar surface area (TPSA) is 52.6 Å². The van der Waals surface area contributed by atoms with Crippen molar-refractivity contribution in [2.75, 3.05) is 13.2 Å². The van der Waals surface area contributed by atoms with Gasteiger partial charge in [0.25, 0.3) is 0 Å². The summed E-state index contributed by atoms with van der Waals surface area (Å²) in [5, 5.41) is 0. The minimum atomic E-state index is -0.691. The molecule has 0 aromatic rings. The number of ether oxygens (including phenoxy) is 2. The molecule has 0 radical (unpaired) electrons. The van der Waals surface area contributed by atoms with Crippen LogP contribution >= 0.6 is 15.9 Å². The van der Waals surface area contributed by atoms with E-state index in [2.05, 4.69) is 20.7 Å². The van der Waals surface area contributed by atoms with Gasteiger partial charge in [-0.05, 0) is 13.8 Å². The van der Waals surface area contributed by atoms with Gasteiger partial charge >= 0.3 is 11.9 Å². The lowest BCUT2D eigenvalue weighted by atomic mass is 10.2. The molecule has 0 aromatic carbocycles. The summed E-state index contributed by atoms with van der Waals surface area (Å²) in [6, 6.07) is 0. The third-order valence-electron chi connectivity index (χ3n) is 1.11. The Morgan fingerprint density at radius 3 is 2.08 bits per heavy atom. The maximum atomic E-state index is 11.1. The summed E-state index contributed by atoms with van der Waals surface area (Å²) in [6.45, 7) is 4.86. The van der Waals surface area contributed by atoms with E-state index in [1.807, 2.05) is 0 Å². The second-order valence-electron chi connectivity index (χ2n) is 2.95. The van der Waals surface area contributed by atoms with E-state index in [1.54, 1.807) is 13.8 Å². The van der Waals surface area contributed by atoms with Crippen LogP contribution in [0.15, 0.2) is 0 Å². The van der Waals surface area contributed by atoms with E-state index in [4.69, 9.17) is 4.74 Å². The van der Waals surface area contributed by atoms with E-state index in [-0.39, 0.29) is 25.2 Å². The van der Waals surface area contributed by atoms with Crippen molar-refractivity contribution in [3.8, 4) is 0 Å². The van der Waals surface area contributed by atoms with Crippen molar-refractivity contribution >= 4 is 27.9 Å². The summed E-state index contributed by atoms with van der Waals surface area (Å²) < 4.78 is 8.68. The highest BCUT2D eigenvalue weighted by Crippen LogP contribution is 2.17. The molecular weight excluding hydrogens is 240 g/mol. The molecule has 0 atom stereocenters. The first-order valence-corrected chi connectivity index (χ1v) is 4.63. The molecule has 76 valence electrons. The Morgan fingerprint density at radius 2 is 1.69 bits per heavy atom. The number of carbonyl (C=O) groups excluding carboxylic acids is 2. The lowest BCUT2D eigenvalue weighted by molar-refractivity contribution is -0.152. The van der Waals surface area contributed by atoms with Crippen LogP contribution in [0, 0.1) is 0 Å². The van der Waals surface area contributed by atoms with Gasteiger partial charge in [-0.2, -0.15) is 0 Å². The molecule has 0 amide bonds. The Morgan fingerprint density at radius 1 is 1.23 bits per heavy atom. The first-order chi connectivity index (χ1) is 5.84. The molecule has 0 saturated carbocycles. The number of halogens is 1. The quantitative estimate of drug-likeness (QED) is 0.430. The summed E-state index contributed by atoms with van der Waals surface area (Å²) in [6.07, 6.45) is 0. The minimum Gasteiger partial charge on any atom is -0.462 e. The molecule has 0 spiro atoms. The standard InChI is InChI=1S/C8H13BrO4/c1-6(10)12-4-5-13-7(11)8(2,3)9/h4-5H2,1-3H3. The van der Waals surface area contributed by atoms with Crippen molar-refractivity contribution in [1.29, 1.82) is 0 Å². The maximum Gasteiger partial charge on any atom is 0.322 e. The lowest BCUT2D eigenvalue weighted by Gasteiger charge is -2.14. The predicted octanol–water partition coefficient (Wildman–Crippen LogP) is 1.27. The zero-order chi connectivity index (χ0) is 10.5. The van der Waals surface area contributed by atoms with Gasteiger partial charge in [0, 0.05) is 6.92 Å². The van der Waals surface area contributed by atoms with Crippen molar-refractivity contribution in [3.05, 3.63) is 0 Å². The molecule has 0 aliphatic heterocycles. The number of hydrogen-bond donors (Lipinski definition) is 0. The highest BCUT2D eigenvalue weighted by Gasteiger charge is 2.25. The first kappa shape index (κ1) is 12.4. The van der Waals surface area contributed by atoms with Crippen LogP contribution in [0.1, 0.15) is 20.8 Å². The molecule has 0 rings (SSSR count). The van der Waals surface area contributed by atoms with Gasteiger partial charge in [0.2, 0.25) is 0 Å². The van der Waals surface area contributed by atoms with E-state index >= 15 is 0 Å². The zero-order valence-corrected chi connectivity index (χ0v) is 9.51. The summed E-state index contributed by atoms with van der Waals surface area (Å²) in [5.41, 5.74) is 0. The van der Waals surface area contributed by atoms with Crippen molar-refractivity contribution in [2.45, 2.75) is 25.1 Å². The number of rotatable bonds is 4. The number of alkyl halides is 1. The molecular formula is C8H13BrO4. The molecule has 0 bridgehead atoms. The normalized spacial score (nSPS) is 10.8. The highest BCUT2D eigenvalue weighted by molar-refractivity contribution is 9.10. The van der Waals surface area contributed by atoms with E-state index in [9.17, 15) is 9.59 Å². The molecule has 13 heavy (non-hydrogen) atoms. The Bertz CT molecular complexity index is 195. The summed E-state index contributed by atoms with van der Waals surface area (Å²) in [7, 11) is 0. The third-order valence-corrected chi connectivity index (χ3v) is 1.43. The van der Waals surface area contributed by atoms with Gasteiger partial charge in [-0.3, -0.25) is 9.59 Å².